The van der Waals surface area contributed by atoms with Crippen molar-refractivity contribution in [3.05, 3.63) is 143 Å². The Labute approximate surface area is 414 Å². The molecule has 0 unspecified atom stereocenters. The number of rotatable bonds is 8. The summed E-state index contributed by atoms with van der Waals surface area (Å²) in [5, 5.41) is 5.36. The molecule has 6 aromatic rings. The molecule has 2 fully saturated rings. The molecule has 2 N–H and O–H groups in total. The minimum absolute atomic E-state index is 0.129. The Balaban J connectivity index is 0.000000213. The minimum atomic E-state index is -4.64. The van der Waals surface area contributed by atoms with E-state index in [0.717, 1.165) is 88.1 Å². The van der Waals surface area contributed by atoms with E-state index in [1.165, 1.54) is 12.1 Å². The number of pyridine rings is 4. The number of amides is 2. The van der Waals surface area contributed by atoms with E-state index in [1.54, 1.807) is 36.7 Å². The lowest BCUT2D eigenvalue weighted by Gasteiger charge is -2.29. The van der Waals surface area contributed by atoms with E-state index >= 15 is 0 Å². The molecule has 12 nitrogen and oxygen atoms in total. The monoisotopic (exact) mass is 1000 g/mol. The van der Waals surface area contributed by atoms with Crippen LogP contribution in [0.25, 0.3) is 22.3 Å². The standard InChI is InChI=1S/C28H29F3N4O2Si.C25H21F3N4O2/c1-19-5-6-22(34-27(36)20-7-9-32-26(16-20)28(29,30)31)17-23(19)21-15-25(35-10-12-37-13-11-35)24(33-18-21)8-14-38(2,3)4;1-3-21-22(32-8-10-34-11-9-32)12-18(15-30-21)20-14-19(5-4-16(20)2)31-24(33)17-6-7-29-23(13-17)25(26,27)28/h5-7,9,15-18H,10-13H2,1-4H3,(H,34,36);1,4-7,12-15H,8-11H2,2H3,(H,31,33). The first-order valence-electron chi connectivity index (χ1n) is 22.7. The van der Waals surface area contributed by atoms with Gasteiger partial charge in [0.1, 0.15) is 30.8 Å². The number of nitrogens with one attached hydrogen (secondary N) is 2. The summed E-state index contributed by atoms with van der Waals surface area (Å²) in [6, 6.07) is 18.6. The second kappa shape index (κ2) is 22.2. The Morgan fingerprint density at radius 3 is 1.43 bits per heavy atom. The number of hydrogen-bond donors (Lipinski definition) is 2. The summed E-state index contributed by atoms with van der Waals surface area (Å²) in [7, 11) is -1.62. The van der Waals surface area contributed by atoms with Crippen LogP contribution < -0.4 is 20.4 Å². The zero-order valence-corrected chi connectivity index (χ0v) is 41.1. The third-order valence-electron chi connectivity index (χ3n) is 11.4. The maximum absolute atomic E-state index is 13.0. The van der Waals surface area contributed by atoms with Gasteiger partial charge in [0.15, 0.2) is 0 Å². The second-order valence-corrected chi connectivity index (χ2v) is 22.6. The quantitative estimate of drug-likeness (QED) is 0.0862. The van der Waals surface area contributed by atoms with Crippen LogP contribution in [0.3, 0.4) is 0 Å². The minimum Gasteiger partial charge on any atom is -0.378 e. The van der Waals surface area contributed by atoms with Gasteiger partial charge in [-0.05, 0) is 103 Å². The smallest absolute Gasteiger partial charge is 0.378 e. The highest BCUT2D eigenvalue weighted by molar-refractivity contribution is 6.83. The van der Waals surface area contributed by atoms with Gasteiger partial charge in [-0.25, -0.2) is 9.97 Å². The lowest BCUT2D eigenvalue weighted by molar-refractivity contribution is -0.142. The summed E-state index contributed by atoms with van der Waals surface area (Å²) in [6.45, 7) is 15.7. The molecule has 0 spiro atoms. The van der Waals surface area contributed by atoms with E-state index in [1.807, 2.05) is 32.0 Å². The van der Waals surface area contributed by atoms with Crippen molar-refractivity contribution < 1.29 is 45.4 Å². The molecule has 6 heterocycles. The first-order chi connectivity index (χ1) is 34.2. The molecule has 72 heavy (non-hydrogen) atoms. The predicted molar refractivity (Wildman–Crippen MR) is 267 cm³/mol. The Morgan fingerprint density at radius 2 is 1.03 bits per heavy atom. The summed E-state index contributed by atoms with van der Waals surface area (Å²) >= 11 is 0. The molecule has 0 radical (unpaired) electrons. The Hall–Kier alpha value is -7.58. The van der Waals surface area contributed by atoms with Crippen LogP contribution in [0.1, 0.15) is 54.6 Å². The van der Waals surface area contributed by atoms with E-state index in [0.29, 0.717) is 56.6 Å². The van der Waals surface area contributed by atoms with Crippen LogP contribution in [0.4, 0.5) is 49.1 Å². The number of hydrogen-bond acceptors (Lipinski definition) is 10. The fourth-order valence-corrected chi connectivity index (χ4v) is 8.12. The molecule has 8 rings (SSSR count). The molecule has 4 aromatic heterocycles. The van der Waals surface area contributed by atoms with Crippen molar-refractivity contribution in [3.8, 4) is 46.1 Å². The van der Waals surface area contributed by atoms with Gasteiger partial charge in [0.2, 0.25) is 0 Å². The average Bonchev–Trinajstić information content (AvgIpc) is 3.36. The lowest BCUT2D eigenvalue weighted by atomic mass is 10.00. The molecular weight excluding hydrogens is 955 g/mol. The van der Waals surface area contributed by atoms with Crippen molar-refractivity contribution in [3.63, 3.8) is 0 Å². The molecule has 0 atom stereocenters. The fourth-order valence-electron chi connectivity index (χ4n) is 7.63. The SMILES string of the molecule is C#Cc1ncc(-c2cc(NC(=O)c3ccnc(C(F)(F)F)c3)ccc2C)cc1N1CCOCC1.Cc1ccc(NC(=O)c2ccnc(C(F)(F)F)c2)cc1-c1cnc(C#C[Si](C)(C)C)c(N2CCOCC2)c1. The highest BCUT2D eigenvalue weighted by Gasteiger charge is 2.34. The van der Waals surface area contributed by atoms with Crippen molar-refractivity contribution in [1.29, 1.82) is 0 Å². The first-order valence-corrected chi connectivity index (χ1v) is 26.2. The van der Waals surface area contributed by atoms with E-state index < -0.39 is 43.6 Å². The maximum Gasteiger partial charge on any atom is 0.433 e. The molecule has 0 saturated carbocycles. The van der Waals surface area contributed by atoms with E-state index in [9.17, 15) is 35.9 Å². The number of carbonyl (C=O) groups excluding carboxylic acids is 2. The van der Waals surface area contributed by atoms with Crippen molar-refractivity contribution in [2.75, 3.05) is 73.0 Å². The molecule has 2 aliphatic heterocycles. The number of aryl methyl sites for hydroxylation is 2. The van der Waals surface area contributed by atoms with Gasteiger partial charge in [0.25, 0.3) is 11.8 Å². The molecule has 2 aromatic carbocycles. The summed E-state index contributed by atoms with van der Waals surface area (Å²) in [5.41, 5.74) is 10.00. The topological polar surface area (TPSA) is 135 Å². The van der Waals surface area contributed by atoms with Crippen molar-refractivity contribution in [2.24, 2.45) is 0 Å². The molecule has 2 amide bonds. The summed E-state index contributed by atoms with van der Waals surface area (Å²) in [4.78, 5) is 45.4. The van der Waals surface area contributed by atoms with Crippen LogP contribution in [-0.2, 0) is 21.8 Å². The van der Waals surface area contributed by atoms with Gasteiger partial charge in [-0.1, -0.05) is 37.7 Å². The molecule has 0 bridgehead atoms. The van der Waals surface area contributed by atoms with Gasteiger partial charge >= 0.3 is 12.4 Å². The van der Waals surface area contributed by atoms with Gasteiger partial charge < -0.3 is 29.9 Å². The average molecular weight is 1010 g/mol. The van der Waals surface area contributed by atoms with Crippen LogP contribution in [0.15, 0.2) is 97.6 Å². The molecule has 2 aliphatic rings. The Morgan fingerprint density at radius 1 is 0.611 bits per heavy atom. The van der Waals surface area contributed by atoms with Gasteiger partial charge in [-0.15, -0.1) is 12.0 Å². The Kier molecular flexibility index (Phi) is 16.1. The highest BCUT2D eigenvalue weighted by Crippen LogP contribution is 2.34. The zero-order valence-electron chi connectivity index (χ0n) is 40.1. The number of ether oxygens (including phenoxy) is 2. The molecule has 2 saturated heterocycles. The number of terminal acetylenes is 1. The fraction of sp³-hybridized carbons (Fsp3) is 0.283. The highest BCUT2D eigenvalue weighted by atomic mass is 28.3. The van der Waals surface area contributed by atoms with Crippen LogP contribution >= 0.6 is 0 Å². The predicted octanol–water partition coefficient (Wildman–Crippen LogP) is 10.3. The number of alkyl halides is 6. The summed E-state index contributed by atoms with van der Waals surface area (Å²) < 4.78 is 88.9. The third-order valence-corrected chi connectivity index (χ3v) is 12.2. The second-order valence-electron chi connectivity index (χ2n) is 17.8. The number of aromatic nitrogens is 4. The Bertz CT molecular complexity index is 3070. The van der Waals surface area contributed by atoms with Crippen LogP contribution in [0, 0.1) is 37.7 Å². The summed E-state index contributed by atoms with van der Waals surface area (Å²) in [6.07, 6.45) is 1.76. The largest absolute Gasteiger partial charge is 0.433 e. The number of nitrogens with zero attached hydrogens (tertiary/aromatic N) is 6. The molecule has 19 heteroatoms. The maximum atomic E-state index is 13.0. The van der Waals surface area contributed by atoms with E-state index in [4.69, 9.17) is 20.9 Å². The number of anilines is 4. The van der Waals surface area contributed by atoms with Crippen molar-refractivity contribution in [1.82, 2.24) is 19.9 Å². The lowest BCUT2D eigenvalue weighted by Crippen LogP contribution is -2.36. The summed E-state index contributed by atoms with van der Waals surface area (Å²) in [5.74, 6) is 4.59. The van der Waals surface area contributed by atoms with E-state index in [2.05, 4.69) is 78.5 Å². The molecule has 372 valence electrons. The molecule has 0 aliphatic carbocycles. The van der Waals surface area contributed by atoms with Crippen LogP contribution in [0.5, 0.6) is 0 Å². The van der Waals surface area contributed by atoms with Crippen molar-refractivity contribution in [2.45, 2.75) is 45.8 Å². The van der Waals surface area contributed by atoms with Crippen LogP contribution in [-0.4, -0.2) is 92.4 Å². The number of carbonyl (C=O) groups is 2. The molecular formula is C53H50F6N8O4Si. The number of halogens is 6. The number of morpholine rings is 2. The van der Waals surface area contributed by atoms with Gasteiger partial charge in [0.05, 0.1) is 37.8 Å². The zero-order chi connectivity index (χ0) is 51.8. The third kappa shape index (κ3) is 13.4. The first kappa shape index (κ1) is 52.2. The van der Waals surface area contributed by atoms with E-state index in [-0.39, 0.29) is 11.1 Å². The van der Waals surface area contributed by atoms with Gasteiger partial charge in [-0.3, -0.25) is 19.6 Å². The normalized spacial score (nSPS) is 14.0. The van der Waals surface area contributed by atoms with Gasteiger partial charge in [-0.2, -0.15) is 26.3 Å². The van der Waals surface area contributed by atoms with Crippen molar-refractivity contribution >= 4 is 42.6 Å². The van der Waals surface area contributed by atoms with Crippen LogP contribution in [0.2, 0.25) is 19.6 Å². The van der Waals surface area contributed by atoms with Gasteiger partial charge in [0, 0.05) is 84.6 Å². The number of benzene rings is 2.